The van der Waals surface area contributed by atoms with Crippen LogP contribution in [0.15, 0.2) is 12.7 Å². The fraction of sp³-hybridized carbons (Fsp3) is 0.830. The lowest BCUT2D eigenvalue weighted by molar-refractivity contribution is -0.131. The van der Waals surface area contributed by atoms with E-state index in [4.69, 9.17) is 15.2 Å². The normalized spacial score (nSPS) is 16.7. The lowest BCUT2D eigenvalue weighted by Gasteiger charge is -2.35. The second kappa shape index (κ2) is 51.3. The van der Waals surface area contributed by atoms with E-state index in [1.165, 1.54) is 26.3 Å². The molecule has 1 fully saturated rings. The Hall–Kier alpha value is -3.68. The smallest absolute Gasteiger partial charge is 0.243 e. The Morgan fingerprint density at radius 2 is 1.31 bits per heavy atom. The number of likely N-dealkylation sites (N-methyl/N-ethyl adjacent to an activating group) is 1. The van der Waals surface area contributed by atoms with Gasteiger partial charge in [-0.2, -0.15) is 0 Å². The monoisotopic (exact) mass is 935 g/mol. The first-order valence-electron chi connectivity index (χ1n) is 24.0. The topological polar surface area (TPSA) is 300 Å². The summed E-state index contributed by atoms with van der Waals surface area (Å²) in [5.41, 5.74) is 14.2. The Morgan fingerprint density at radius 1 is 0.738 bits per heavy atom. The molecule has 6 amide bonds. The molecule has 0 radical (unpaired) electrons. The molecule has 386 valence electrons. The molecule has 0 aromatic heterocycles. The molecule has 4 unspecified atom stereocenters. The van der Waals surface area contributed by atoms with Gasteiger partial charge in [0.15, 0.2) is 0 Å². The highest BCUT2D eigenvalue weighted by molar-refractivity contribution is 5.92. The van der Waals surface area contributed by atoms with Crippen molar-refractivity contribution in [3.05, 3.63) is 12.7 Å². The van der Waals surface area contributed by atoms with Crippen LogP contribution >= 0.6 is 0 Å². The quantitative estimate of drug-likeness (QED) is 0.0419. The minimum Gasteiger partial charge on any atom is -0.393 e. The van der Waals surface area contributed by atoms with Crippen molar-refractivity contribution in [1.29, 1.82) is 0 Å². The Balaban J connectivity index is -0.000000335. The predicted octanol–water partition coefficient (Wildman–Crippen LogP) is 3.49. The second-order valence-electron chi connectivity index (χ2n) is 15.7. The third-order valence-corrected chi connectivity index (χ3v) is 9.41. The van der Waals surface area contributed by atoms with Crippen molar-refractivity contribution in [2.75, 3.05) is 53.6 Å². The first kappa shape index (κ1) is 70.3. The highest BCUT2D eigenvalue weighted by atomic mass is 16.5. The number of aliphatic hydroxyl groups excluding tert-OH is 2. The first-order chi connectivity index (χ1) is 30.9. The molecule has 65 heavy (non-hydrogen) atoms. The number of unbranched alkanes of at least 4 members (excludes halogenated alkanes) is 5. The van der Waals surface area contributed by atoms with Crippen molar-refractivity contribution in [3.8, 4) is 0 Å². The van der Waals surface area contributed by atoms with Gasteiger partial charge in [0.05, 0.1) is 44.6 Å². The molecule has 13 N–H and O–H groups in total. The van der Waals surface area contributed by atoms with E-state index in [1.807, 2.05) is 33.8 Å². The van der Waals surface area contributed by atoms with E-state index in [-0.39, 0.29) is 79.4 Å². The summed E-state index contributed by atoms with van der Waals surface area (Å²) in [6.45, 7) is 23.4. The van der Waals surface area contributed by atoms with Crippen LogP contribution in [0.4, 0.5) is 0 Å². The van der Waals surface area contributed by atoms with Gasteiger partial charge in [0, 0.05) is 45.8 Å². The van der Waals surface area contributed by atoms with Gasteiger partial charge in [-0.15, -0.1) is 6.58 Å². The summed E-state index contributed by atoms with van der Waals surface area (Å²) in [6, 6.07) is -1.33. The fourth-order valence-electron chi connectivity index (χ4n) is 5.28. The van der Waals surface area contributed by atoms with Crippen LogP contribution in [0.2, 0.25) is 0 Å². The Labute approximate surface area is 393 Å². The van der Waals surface area contributed by atoms with E-state index in [0.717, 1.165) is 45.1 Å². The minimum absolute atomic E-state index is 0.0604. The molecule has 0 aromatic carbocycles. The summed E-state index contributed by atoms with van der Waals surface area (Å²) in [5.74, 6) is -1.22. The minimum atomic E-state index is -0.908. The number of carbonyl (C=O) groups is 6. The van der Waals surface area contributed by atoms with Crippen molar-refractivity contribution in [3.63, 3.8) is 0 Å². The van der Waals surface area contributed by atoms with Gasteiger partial charge in [0.25, 0.3) is 0 Å². The first-order valence-corrected chi connectivity index (χ1v) is 24.0. The number of hydrogen-bond acceptors (Lipinski definition) is 12. The molecule has 0 spiro atoms. The van der Waals surface area contributed by atoms with E-state index in [0.29, 0.717) is 45.4 Å². The van der Waals surface area contributed by atoms with Crippen LogP contribution in [-0.4, -0.2) is 130 Å². The number of hydrogen-bond donors (Lipinski definition) is 10. The van der Waals surface area contributed by atoms with Crippen LogP contribution in [0.1, 0.15) is 159 Å². The zero-order valence-corrected chi connectivity index (χ0v) is 42.6. The molecule has 18 nitrogen and oxygen atoms in total. The summed E-state index contributed by atoms with van der Waals surface area (Å²) >= 11 is 0. The van der Waals surface area contributed by atoms with Gasteiger partial charge in [0.2, 0.25) is 35.4 Å². The molecule has 1 aliphatic rings. The number of aliphatic hydroxyl groups is 2. The summed E-state index contributed by atoms with van der Waals surface area (Å²) in [6.07, 6.45) is 12.0. The number of nitrogens with one attached hydrogen (secondary N) is 5. The molecule has 18 heteroatoms. The molecule has 0 aromatic rings. The Kier molecular flexibility index (Phi) is 55.5. The van der Waals surface area contributed by atoms with Crippen LogP contribution in [0, 0.1) is 11.8 Å². The van der Waals surface area contributed by atoms with Crippen molar-refractivity contribution in [1.82, 2.24) is 26.6 Å². The maximum absolute atomic E-state index is 12.5. The van der Waals surface area contributed by atoms with E-state index < -0.39 is 24.3 Å². The molecule has 1 aliphatic carbocycles. The highest BCUT2D eigenvalue weighted by Crippen LogP contribution is 2.26. The van der Waals surface area contributed by atoms with Crippen LogP contribution in [0.5, 0.6) is 0 Å². The predicted molar refractivity (Wildman–Crippen MR) is 262 cm³/mol. The van der Waals surface area contributed by atoms with Crippen LogP contribution < -0.4 is 43.8 Å². The zero-order valence-electron chi connectivity index (χ0n) is 42.6. The Bertz CT molecular complexity index is 1180. The molecular weight excluding hydrogens is 837 g/mol. The number of primary amides is 1. The number of ether oxygens (including phenoxy) is 2. The number of carbonyl (C=O) groups excluding carboxylic acids is 6. The van der Waals surface area contributed by atoms with Crippen LogP contribution in [-0.2, 0) is 38.2 Å². The molecule has 0 saturated heterocycles. The number of allylic oxidation sites excluding steroid dienone is 1. The van der Waals surface area contributed by atoms with Gasteiger partial charge < -0.3 is 63.5 Å². The zero-order chi connectivity index (χ0) is 51.0. The number of nitrogens with two attached hydrogens (primary N) is 3. The summed E-state index contributed by atoms with van der Waals surface area (Å²) in [4.78, 5) is 68.9. The average Bonchev–Trinajstić information content (AvgIpc) is 3.29. The molecule has 6 atom stereocenters. The summed E-state index contributed by atoms with van der Waals surface area (Å²) in [5, 5.41) is 33.2. The van der Waals surface area contributed by atoms with Gasteiger partial charge in [-0.1, -0.05) is 100 Å². The largest absolute Gasteiger partial charge is 0.393 e. The van der Waals surface area contributed by atoms with E-state index >= 15 is 0 Å². The summed E-state index contributed by atoms with van der Waals surface area (Å²) < 4.78 is 11.1. The van der Waals surface area contributed by atoms with E-state index in [1.54, 1.807) is 20.9 Å². The standard InChI is InChI=1S/C26H49N3O7.C10H20N2O2.C4H8.C3H7NO.C3H9N.CH5N/c1-4-6-7-8-9-10-11-28-26(34)20(29-24(32)5-2)17-25(33)27-12-13-35-14-15-36-23-16-19(3)21(30)18-22(23)31;1-5-6-8(13)12-9(7(2)3)10(14)11-4;1-3-4-2;1-2-3(4)5;1-2-3-4;1-2/h19-23,30-31H,4-18H2,1-3H3,(H,27,33)(H,28,34)(H,29,32);7,9H,5-6H2,1-4H3,(H,11,14)(H,12,13);3H,1,4H2,2H3;2H2,1H3,(H2,4,5);2-4H2,1H3;2H2,1H3/t19-,20?,21?,22-,23?;;;;;/m1...../s1. The SMILES string of the molecule is C=CCC.CCC(N)=O.CCCC(=O)NC(C(=O)NC)C(C)C.CCCCCCCCNC(=O)C(CC(=O)NCCOCCOC1C[C@@H](C)C(O)C[C@H]1O)NC(=O)CC.CCCN.CN. The lowest BCUT2D eigenvalue weighted by Crippen LogP contribution is -2.49. The third kappa shape index (κ3) is 46.6. The molecule has 0 aliphatic heterocycles. The van der Waals surface area contributed by atoms with Crippen LogP contribution in [0.3, 0.4) is 0 Å². The number of rotatable bonds is 27. The van der Waals surface area contributed by atoms with Gasteiger partial charge in [-0.3, -0.25) is 28.8 Å². The highest BCUT2D eigenvalue weighted by Gasteiger charge is 2.33. The number of amides is 6. The van der Waals surface area contributed by atoms with Gasteiger partial charge in [-0.05, 0) is 57.5 Å². The van der Waals surface area contributed by atoms with E-state index in [2.05, 4.69) is 65.4 Å². The molecule has 0 bridgehead atoms. The maximum Gasteiger partial charge on any atom is 0.243 e. The van der Waals surface area contributed by atoms with Gasteiger partial charge in [0.1, 0.15) is 12.1 Å². The summed E-state index contributed by atoms with van der Waals surface area (Å²) in [7, 11) is 3.07. The molecule has 1 rings (SSSR count). The lowest BCUT2D eigenvalue weighted by atomic mass is 9.84. The third-order valence-electron chi connectivity index (χ3n) is 9.41. The average molecular weight is 935 g/mol. The Morgan fingerprint density at radius 3 is 1.78 bits per heavy atom. The van der Waals surface area contributed by atoms with Crippen LogP contribution in [0.25, 0.3) is 0 Å². The maximum atomic E-state index is 12.5. The van der Waals surface area contributed by atoms with Gasteiger partial charge in [-0.25, -0.2) is 0 Å². The van der Waals surface area contributed by atoms with Crippen molar-refractivity contribution in [2.24, 2.45) is 29.0 Å². The molecular formula is C47H98N8O10. The fourth-order valence-corrected chi connectivity index (χ4v) is 5.28. The molecule has 0 heterocycles. The van der Waals surface area contributed by atoms with E-state index in [9.17, 15) is 39.0 Å². The van der Waals surface area contributed by atoms with Crippen molar-refractivity contribution >= 4 is 35.4 Å². The van der Waals surface area contributed by atoms with Crippen molar-refractivity contribution in [2.45, 2.75) is 189 Å². The molecule has 1 saturated carbocycles. The van der Waals surface area contributed by atoms with Crippen molar-refractivity contribution < 1.29 is 48.5 Å². The second-order valence-corrected chi connectivity index (χ2v) is 15.7. The van der Waals surface area contributed by atoms with Gasteiger partial charge >= 0.3 is 0 Å².